The number of hydrogen-bond donors (Lipinski definition) is 1. The second kappa shape index (κ2) is 5.08. The molecule has 104 valence electrons. The van der Waals surface area contributed by atoms with E-state index in [9.17, 15) is 4.79 Å². The van der Waals surface area contributed by atoms with E-state index in [4.69, 9.17) is 0 Å². The van der Waals surface area contributed by atoms with Crippen molar-refractivity contribution in [1.29, 1.82) is 0 Å². The molecule has 3 aliphatic rings. The SMILES string of the molecule is O=C(NC1CC1)C1=CSC2=Cc3ccccc3C=CC2=C1. The van der Waals surface area contributed by atoms with Crippen molar-refractivity contribution >= 4 is 29.8 Å². The Kier molecular flexibility index (Phi) is 3.08. The fourth-order valence-corrected chi connectivity index (χ4v) is 3.33. The molecule has 1 aromatic carbocycles. The van der Waals surface area contributed by atoms with Crippen molar-refractivity contribution in [3.63, 3.8) is 0 Å². The zero-order valence-electron chi connectivity index (χ0n) is 11.5. The summed E-state index contributed by atoms with van der Waals surface area (Å²) in [6.45, 7) is 0. The number of rotatable bonds is 2. The number of amides is 1. The van der Waals surface area contributed by atoms with Crippen LogP contribution in [0.4, 0.5) is 0 Å². The van der Waals surface area contributed by atoms with Gasteiger partial charge in [-0.3, -0.25) is 4.79 Å². The molecule has 21 heavy (non-hydrogen) atoms. The molecule has 1 saturated carbocycles. The molecular formula is C18H15NOS. The van der Waals surface area contributed by atoms with E-state index < -0.39 is 0 Å². The zero-order chi connectivity index (χ0) is 14.2. The standard InChI is InChI=1S/C18H15NOS/c20-18(19-16-7-8-16)15-9-14-6-5-12-3-1-2-4-13(12)10-17(14)21-11-15/h1-6,9-11,16H,7-8H2,(H,19,20). The maximum absolute atomic E-state index is 12.1. The molecule has 1 N–H and O–H groups in total. The third-order valence-electron chi connectivity index (χ3n) is 3.81. The van der Waals surface area contributed by atoms with Gasteiger partial charge in [-0.2, -0.15) is 0 Å². The summed E-state index contributed by atoms with van der Waals surface area (Å²) in [5, 5.41) is 5.00. The lowest BCUT2D eigenvalue weighted by Gasteiger charge is -2.13. The van der Waals surface area contributed by atoms with Crippen molar-refractivity contribution in [3.8, 4) is 0 Å². The first-order valence-corrected chi connectivity index (χ1v) is 8.06. The van der Waals surface area contributed by atoms with Gasteiger partial charge in [-0.1, -0.05) is 48.2 Å². The highest BCUT2D eigenvalue weighted by Gasteiger charge is 2.25. The van der Waals surface area contributed by atoms with E-state index in [1.807, 2.05) is 17.6 Å². The molecule has 2 nitrogen and oxygen atoms in total. The predicted octanol–water partition coefficient (Wildman–Crippen LogP) is 3.89. The van der Waals surface area contributed by atoms with Crippen LogP contribution in [0, 0.1) is 0 Å². The number of carbonyl (C=O) groups is 1. The summed E-state index contributed by atoms with van der Waals surface area (Å²) in [7, 11) is 0. The van der Waals surface area contributed by atoms with Gasteiger partial charge in [0.25, 0.3) is 5.91 Å². The van der Waals surface area contributed by atoms with Gasteiger partial charge in [-0.25, -0.2) is 0 Å². The minimum absolute atomic E-state index is 0.0479. The Morgan fingerprint density at radius 3 is 2.71 bits per heavy atom. The minimum atomic E-state index is 0.0479. The number of benzene rings is 1. The number of carbonyl (C=O) groups excluding carboxylic acids is 1. The van der Waals surface area contributed by atoms with Gasteiger partial charge in [0.1, 0.15) is 0 Å². The van der Waals surface area contributed by atoms with Crippen LogP contribution in [0.5, 0.6) is 0 Å². The number of thioether (sulfide) groups is 1. The van der Waals surface area contributed by atoms with Crippen molar-refractivity contribution < 1.29 is 4.79 Å². The fourth-order valence-electron chi connectivity index (χ4n) is 2.45. The summed E-state index contributed by atoms with van der Waals surface area (Å²) < 4.78 is 0. The Morgan fingerprint density at radius 2 is 1.90 bits per heavy atom. The van der Waals surface area contributed by atoms with Crippen molar-refractivity contribution in [3.05, 3.63) is 69.0 Å². The highest BCUT2D eigenvalue weighted by molar-refractivity contribution is 8.06. The summed E-state index contributed by atoms with van der Waals surface area (Å²) in [6, 6.07) is 8.73. The van der Waals surface area contributed by atoms with Crippen LogP contribution in [0.3, 0.4) is 0 Å². The van der Waals surface area contributed by atoms with Crippen molar-refractivity contribution in [1.82, 2.24) is 5.32 Å². The summed E-state index contributed by atoms with van der Waals surface area (Å²) in [5.74, 6) is 0.0479. The molecule has 2 aliphatic carbocycles. The second-order valence-electron chi connectivity index (χ2n) is 5.51. The maximum atomic E-state index is 12.1. The van der Waals surface area contributed by atoms with Gasteiger partial charge in [-0.15, -0.1) is 0 Å². The van der Waals surface area contributed by atoms with Crippen LogP contribution in [0.2, 0.25) is 0 Å². The smallest absolute Gasteiger partial charge is 0.252 e. The van der Waals surface area contributed by atoms with Gasteiger partial charge in [0.15, 0.2) is 0 Å². The molecule has 0 spiro atoms. The molecule has 1 aromatic rings. The summed E-state index contributed by atoms with van der Waals surface area (Å²) in [6.07, 6.45) is 10.6. The van der Waals surface area contributed by atoms with E-state index in [2.05, 4.69) is 41.7 Å². The Labute approximate surface area is 128 Å². The van der Waals surface area contributed by atoms with Gasteiger partial charge in [-0.05, 0) is 47.1 Å². The molecule has 0 radical (unpaired) electrons. The molecule has 1 heterocycles. The Bertz CT molecular complexity index is 735. The van der Waals surface area contributed by atoms with Crippen LogP contribution in [-0.4, -0.2) is 11.9 Å². The average molecular weight is 293 g/mol. The van der Waals surface area contributed by atoms with Crippen LogP contribution in [0.25, 0.3) is 12.2 Å². The van der Waals surface area contributed by atoms with E-state index in [0.29, 0.717) is 6.04 Å². The van der Waals surface area contributed by atoms with Crippen molar-refractivity contribution in [2.45, 2.75) is 18.9 Å². The molecule has 0 unspecified atom stereocenters. The van der Waals surface area contributed by atoms with Crippen LogP contribution in [0.1, 0.15) is 24.0 Å². The van der Waals surface area contributed by atoms with Gasteiger partial charge < -0.3 is 5.32 Å². The molecule has 0 aromatic heterocycles. The Balaban J connectivity index is 1.65. The van der Waals surface area contributed by atoms with Gasteiger partial charge in [0.2, 0.25) is 0 Å². The van der Waals surface area contributed by atoms with Crippen LogP contribution in [0.15, 0.2) is 57.9 Å². The molecule has 1 fully saturated rings. The van der Waals surface area contributed by atoms with E-state index in [-0.39, 0.29) is 5.91 Å². The monoisotopic (exact) mass is 293 g/mol. The first-order valence-electron chi connectivity index (χ1n) is 7.18. The lowest BCUT2D eigenvalue weighted by atomic mass is 10.1. The quantitative estimate of drug-likeness (QED) is 0.896. The van der Waals surface area contributed by atoms with E-state index >= 15 is 0 Å². The molecule has 1 aliphatic heterocycles. The topological polar surface area (TPSA) is 29.1 Å². The second-order valence-corrected chi connectivity index (χ2v) is 6.42. The maximum Gasteiger partial charge on any atom is 0.252 e. The molecule has 0 bridgehead atoms. The molecular weight excluding hydrogens is 278 g/mol. The number of allylic oxidation sites excluding steroid dienone is 2. The highest BCUT2D eigenvalue weighted by Crippen LogP contribution is 2.37. The lowest BCUT2D eigenvalue weighted by molar-refractivity contribution is -0.117. The van der Waals surface area contributed by atoms with Gasteiger partial charge in [0.05, 0.1) is 0 Å². The molecule has 0 atom stereocenters. The molecule has 4 rings (SSSR count). The van der Waals surface area contributed by atoms with E-state index in [1.165, 1.54) is 16.0 Å². The van der Waals surface area contributed by atoms with Crippen LogP contribution >= 0.6 is 11.8 Å². The highest BCUT2D eigenvalue weighted by atomic mass is 32.2. The number of nitrogens with one attached hydrogen (secondary N) is 1. The molecule has 3 heteroatoms. The number of fused-ring (bicyclic) bond motifs is 2. The summed E-state index contributed by atoms with van der Waals surface area (Å²) >= 11 is 1.63. The van der Waals surface area contributed by atoms with Crippen molar-refractivity contribution in [2.24, 2.45) is 0 Å². The van der Waals surface area contributed by atoms with E-state index in [1.54, 1.807) is 11.8 Å². The average Bonchev–Trinajstić information content (AvgIpc) is 3.32. The zero-order valence-corrected chi connectivity index (χ0v) is 12.3. The molecule has 0 saturated heterocycles. The van der Waals surface area contributed by atoms with Gasteiger partial charge >= 0.3 is 0 Å². The largest absolute Gasteiger partial charge is 0.349 e. The van der Waals surface area contributed by atoms with Crippen LogP contribution < -0.4 is 5.32 Å². The molecule has 1 amide bonds. The van der Waals surface area contributed by atoms with Crippen LogP contribution in [-0.2, 0) is 4.79 Å². The number of hydrogen-bond acceptors (Lipinski definition) is 2. The summed E-state index contributed by atoms with van der Waals surface area (Å²) in [5.41, 5.74) is 4.30. The van der Waals surface area contributed by atoms with E-state index in [0.717, 1.165) is 24.0 Å². The lowest BCUT2D eigenvalue weighted by Crippen LogP contribution is -2.26. The van der Waals surface area contributed by atoms with Gasteiger partial charge in [0, 0.05) is 16.5 Å². The third-order valence-corrected chi connectivity index (χ3v) is 4.79. The Hall–Kier alpha value is -2.00. The third kappa shape index (κ3) is 2.61. The van der Waals surface area contributed by atoms with Crippen molar-refractivity contribution in [2.75, 3.05) is 0 Å². The first kappa shape index (κ1) is 12.7. The summed E-state index contributed by atoms with van der Waals surface area (Å²) in [4.78, 5) is 13.3. The fraction of sp³-hybridized carbons (Fsp3) is 0.167. The predicted molar refractivity (Wildman–Crippen MR) is 88.4 cm³/mol. The normalized spacial score (nSPS) is 19.5. The first-order chi connectivity index (χ1) is 10.3. The minimum Gasteiger partial charge on any atom is -0.349 e. The Morgan fingerprint density at radius 1 is 1.10 bits per heavy atom.